The number of aliphatic hydroxyl groups is 3. The predicted molar refractivity (Wildman–Crippen MR) is 150 cm³/mol. The van der Waals surface area contributed by atoms with E-state index in [1.54, 1.807) is 39.2 Å². The lowest BCUT2D eigenvalue weighted by Crippen LogP contribution is -2.65. The Bertz CT molecular complexity index is 1400. The van der Waals surface area contributed by atoms with Crippen molar-refractivity contribution in [2.75, 3.05) is 39.6 Å². The summed E-state index contributed by atoms with van der Waals surface area (Å²) in [7, 11) is 6.69. The molecular formula is C29H38N4O8. The molecule has 12 nitrogen and oxygen atoms in total. The van der Waals surface area contributed by atoms with Gasteiger partial charge in [-0.05, 0) is 50.4 Å². The largest absolute Gasteiger partial charge is 0.508 e. The number of nitrogens with two attached hydrogens (primary N) is 1. The van der Waals surface area contributed by atoms with Crippen molar-refractivity contribution in [1.29, 1.82) is 0 Å². The summed E-state index contributed by atoms with van der Waals surface area (Å²) in [6.45, 7) is 4.38. The highest BCUT2D eigenvalue weighted by Crippen LogP contribution is 2.54. The van der Waals surface area contributed by atoms with Crippen molar-refractivity contribution in [3.05, 3.63) is 39.7 Å². The van der Waals surface area contributed by atoms with E-state index in [9.17, 15) is 39.6 Å². The van der Waals surface area contributed by atoms with Gasteiger partial charge in [-0.15, -0.1) is 0 Å². The number of anilines is 1. The molecule has 12 heteroatoms. The third kappa shape index (κ3) is 4.55. The number of aromatic hydroxyl groups is 1. The Morgan fingerprint density at radius 2 is 1.80 bits per heavy atom. The number of amides is 2. The Morgan fingerprint density at radius 1 is 1.17 bits per heavy atom. The van der Waals surface area contributed by atoms with Crippen LogP contribution in [0.4, 0.5) is 5.69 Å². The molecular weight excluding hydrogens is 532 g/mol. The molecule has 4 atom stereocenters. The lowest BCUT2D eigenvalue weighted by Gasteiger charge is -2.50. The number of hydrogen-bond acceptors (Lipinski definition) is 10. The molecule has 0 heterocycles. The first-order valence-corrected chi connectivity index (χ1v) is 13.5. The molecule has 0 spiro atoms. The van der Waals surface area contributed by atoms with Crippen LogP contribution in [0.3, 0.4) is 0 Å². The number of benzene rings is 1. The zero-order valence-corrected chi connectivity index (χ0v) is 24.1. The monoisotopic (exact) mass is 570 g/mol. The van der Waals surface area contributed by atoms with E-state index in [-0.39, 0.29) is 42.2 Å². The summed E-state index contributed by atoms with van der Waals surface area (Å²) in [6, 6.07) is 0.594. The van der Waals surface area contributed by atoms with E-state index >= 15 is 0 Å². The summed E-state index contributed by atoms with van der Waals surface area (Å²) >= 11 is 0. The number of aliphatic hydroxyl groups excluding tert-OH is 2. The molecule has 0 aliphatic heterocycles. The molecule has 3 aliphatic carbocycles. The van der Waals surface area contributed by atoms with Gasteiger partial charge in [-0.3, -0.25) is 24.1 Å². The summed E-state index contributed by atoms with van der Waals surface area (Å²) in [5.41, 5.74) is 3.16. The van der Waals surface area contributed by atoms with E-state index < -0.39 is 58.0 Å². The van der Waals surface area contributed by atoms with Gasteiger partial charge in [-0.25, -0.2) is 0 Å². The molecule has 3 aliphatic rings. The molecule has 4 unspecified atom stereocenters. The molecule has 4 rings (SSSR count). The zero-order chi connectivity index (χ0) is 30.7. The van der Waals surface area contributed by atoms with Crippen LogP contribution in [0.5, 0.6) is 5.75 Å². The van der Waals surface area contributed by atoms with Crippen molar-refractivity contribution in [1.82, 2.24) is 9.80 Å². The van der Waals surface area contributed by atoms with Crippen molar-refractivity contribution >= 4 is 35.3 Å². The van der Waals surface area contributed by atoms with E-state index in [1.165, 1.54) is 9.80 Å². The molecule has 222 valence electrons. The van der Waals surface area contributed by atoms with Crippen LogP contribution in [0.15, 0.2) is 23.0 Å². The SMILES string of the molecule is CC(C)CN(C=O)Cc1cc(N(C)C)c2c(c1O)C(O)=C1C(=O)C3(O)C(O)=C(C(N)=O)C(=O)C(N(C)C)C3CC1C2. The van der Waals surface area contributed by atoms with Crippen molar-refractivity contribution < 1.29 is 39.6 Å². The maximum Gasteiger partial charge on any atom is 0.255 e. The zero-order valence-electron chi connectivity index (χ0n) is 24.1. The Kier molecular flexibility index (Phi) is 7.70. The fraction of sp³-hybridized carbons (Fsp3) is 0.517. The molecule has 0 radical (unpaired) electrons. The van der Waals surface area contributed by atoms with Crippen molar-refractivity contribution in [3.8, 4) is 5.75 Å². The molecule has 1 saturated carbocycles. The minimum Gasteiger partial charge on any atom is -0.508 e. The fourth-order valence-corrected chi connectivity index (χ4v) is 6.70. The number of rotatable bonds is 8. The normalized spacial score (nSPS) is 25.7. The molecule has 1 fully saturated rings. The number of carbonyl (C=O) groups excluding carboxylic acids is 4. The van der Waals surface area contributed by atoms with Crippen LogP contribution in [0.1, 0.15) is 37.0 Å². The van der Waals surface area contributed by atoms with Gasteiger partial charge < -0.3 is 36.0 Å². The van der Waals surface area contributed by atoms with Gasteiger partial charge in [0.1, 0.15) is 22.8 Å². The second-order valence-electron chi connectivity index (χ2n) is 12.0. The van der Waals surface area contributed by atoms with Gasteiger partial charge in [-0.2, -0.15) is 0 Å². The maximum atomic E-state index is 14.1. The third-order valence-electron chi connectivity index (χ3n) is 8.38. The van der Waals surface area contributed by atoms with Crippen molar-refractivity contribution in [2.24, 2.45) is 23.5 Å². The summed E-state index contributed by atoms with van der Waals surface area (Å²) in [6.07, 6.45) is 0.869. The predicted octanol–water partition coefficient (Wildman–Crippen LogP) is 0.644. The fourth-order valence-electron chi connectivity index (χ4n) is 6.70. The van der Waals surface area contributed by atoms with Crippen LogP contribution >= 0.6 is 0 Å². The topological polar surface area (TPSA) is 185 Å². The molecule has 0 aromatic heterocycles. The second-order valence-corrected chi connectivity index (χ2v) is 12.0. The van der Waals surface area contributed by atoms with Crippen LogP contribution in [-0.4, -0.2) is 100 Å². The smallest absolute Gasteiger partial charge is 0.255 e. The van der Waals surface area contributed by atoms with E-state index in [4.69, 9.17) is 5.73 Å². The van der Waals surface area contributed by atoms with Gasteiger partial charge in [0.25, 0.3) is 5.91 Å². The summed E-state index contributed by atoms with van der Waals surface area (Å²) in [5, 5.41) is 45.7. The van der Waals surface area contributed by atoms with Crippen LogP contribution in [0.2, 0.25) is 0 Å². The van der Waals surface area contributed by atoms with Gasteiger partial charge in [0, 0.05) is 49.9 Å². The Labute approximate surface area is 238 Å². The van der Waals surface area contributed by atoms with Crippen LogP contribution < -0.4 is 10.6 Å². The highest BCUT2D eigenvalue weighted by Gasteiger charge is 2.64. The van der Waals surface area contributed by atoms with Crippen molar-refractivity contribution in [3.63, 3.8) is 0 Å². The number of carbonyl (C=O) groups is 4. The number of primary amides is 1. The number of phenols is 1. The van der Waals surface area contributed by atoms with Crippen molar-refractivity contribution in [2.45, 2.75) is 44.9 Å². The molecule has 0 bridgehead atoms. The Balaban J connectivity index is 1.95. The number of nitrogens with zero attached hydrogens (tertiary/aromatic N) is 3. The van der Waals surface area contributed by atoms with Crippen LogP contribution in [-0.2, 0) is 32.1 Å². The second kappa shape index (κ2) is 10.5. The first-order valence-electron chi connectivity index (χ1n) is 13.5. The van der Waals surface area contributed by atoms with Gasteiger partial charge in [0.2, 0.25) is 12.2 Å². The highest BCUT2D eigenvalue weighted by molar-refractivity contribution is 6.24. The number of fused-ring (bicyclic) bond motifs is 3. The van der Waals surface area contributed by atoms with Crippen LogP contribution in [0, 0.1) is 17.8 Å². The average molecular weight is 571 g/mol. The van der Waals surface area contributed by atoms with E-state index in [2.05, 4.69) is 0 Å². The lowest BCUT2D eigenvalue weighted by molar-refractivity contribution is -0.153. The molecule has 1 aromatic rings. The number of Topliss-reactive ketones (excluding diaryl/α,β-unsaturated/α-hetero) is 2. The van der Waals surface area contributed by atoms with E-state index in [0.717, 1.165) is 0 Å². The van der Waals surface area contributed by atoms with Gasteiger partial charge in [0.05, 0.1) is 11.6 Å². The quantitative estimate of drug-likeness (QED) is 0.219. The first-order chi connectivity index (χ1) is 19.1. The summed E-state index contributed by atoms with van der Waals surface area (Å²) in [4.78, 5) is 56.0. The van der Waals surface area contributed by atoms with Gasteiger partial charge >= 0.3 is 0 Å². The van der Waals surface area contributed by atoms with Gasteiger partial charge in [-0.1, -0.05) is 13.8 Å². The molecule has 41 heavy (non-hydrogen) atoms. The highest BCUT2D eigenvalue weighted by atomic mass is 16.3. The van der Waals surface area contributed by atoms with Crippen LogP contribution in [0.25, 0.3) is 5.76 Å². The summed E-state index contributed by atoms with van der Waals surface area (Å²) < 4.78 is 0. The average Bonchev–Trinajstić information content (AvgIpc) is 2.86. The molecule has 0 saturated heterocycles. The van der Waals surface area contributed by atoms with Gasteiger partial charge in [0.15, 0.2) is 11.4 Å². The maximum absolute atomic E-state index is 14.1. The first kappa shape index (κ1) is 30.1. The molecule has 2 amide bonds. The minimum atomic E-state index is -2.70. The standard InChI is InChI=1S/C29H38N4O8/c1-13(2)10-33(12-34)11-15-9-18(31(3)4)16-7-14-8-17-22(32(5)6)25(37)21(28(30)40)27(39)29(17,41)26(38)19(14)24(36)20(16)23(15)35/h9,12-14,17,22,35-36,39,41H,7-8,10-11H2,1-6H3,(H2,30,40). The third-order valence-corrected chi connectivity index (χ3v) is 8.38. The van der Waals surface area contributed by atoms with E-state index in [1.807, 2.05) is 13.8 Å². The minimum absolute atomic E-state index is 0.00196. The Morgan fingerprint density at radius 3 is 2.32 bits per heavy atom. The Hall–Kier alpha value is -3.90. The molecule has 1 aromatic carbocycles. The number of likely N-dealkylation sites (N-methyl/N-ethyl adjacent to an activating group) is 1. The number of ketones is 2. The van der Waals surface area contributed by atoms with E-state index in [0.29, 0.717) is 29.8 Å². The number of hydrogen-bond donors (Lipinski definition) is 5. The summed E-state index contributed by atoms with van der Waals surface area (Å²) in [5.74, 6) is -6.81. The number of phenolic OH excluding ortho intramolecular Hbond substituents is 1. The molecule has 6 N–H and O–H groups in total. The lowest BCUT2D eigenvalue weighted by atomic mass is 9.57.